The van der Waals surface area contributed by atoms with E-state index < -0.39 is 11.6 Å². The zero-order valence-electron chi connectivity index (χ0n) is 11.8. The van der Waals surface area contributed by atoms with Crippen molar-refractivity contribution >= 4 is 0 Å². The van der Waals surface area contributed by atoms with Crippen molar-refractivity contribution in [2.24, 2.45) is 0 Å². The van der Waals surface area contributed by atoms with Gasteiger partial charge in [0.1, 0.15) is 11.6 Å². The van der Waals surface area contributed by atoms with Gasteiger partial charge in [0.25, 0.3) is 0 Å². The first-order chi connectivity index (χ1) is 9.70. The standard InChI is InChI=1S/C16H22F2N2/c17-14-5-4-13(15(18)10-14)11-20-9-8-19-12-16(20)6-2-1-3-7-16/h4-5,10,19H,1-3,6-9,11-12H2. The van der Waals surface area contributed by atoms with Crippen LogP contribution in [0.5, 0.6) is 0 Å². The van der Waals surface area contributed by atoms with Gasteiger partial charge < -0.3 is 5.32 Å². The van der Waals surface area contributed by atoms with Gasteiger partial charge in [-0.25, -0.2) is 8.78 Å². The van der Waals surface area contributed by atoms with E-state index in [1.165, 1.54) is 38.2 Å². The van der Waals surface area contributed by atoms with Crippen molar-refractivity contribution in [3.8, 4) is 0 Å². The molecule has 2 aliphatic rings. The third-order valence-corrected chi connectivity index (χ3v) is 4.84. The molecule has 1 aromatic rings. The van der Waals surface area contributed by atoms with Crippen LogP contribution >= 0.6 is 0 Å². The van der Waals surface area contributed by atoms with Crippen LogP contribution in [0.1, 0.15) is 37.7 Å². The number of hydrogen-bond acceptors (Lipinski definition) is 2. The van der Waals surface area contributed by atoms with Gasteiger partial charge in [0.05, 0.1) is 0 Å². The molecule has 0 atom stereocenters. The summed E-state index contributed by atoms with van der Waals surface area (Å²) in [5.74, 6) is -0.923. The average Bonchev–Trinajstić information content (AvgIpc) is 2.45. The van der Waals surface area contributed by atoms with Crippen LogP contribution in [0.15, 0.2) is 18.2 Å². The highest BCUT2D eigenvalue weighted by molar-refractivity contribution is 5.19. The Morgan fingerprint density at radius 3 is 2.70 bits per heavy atom. The zero-order chi connectivity index (χ0) is 14.0. The predicted octanol–water partition coefficient (Wildman–Crippen LogP) is 3.07. The lowest BCUT2D eigenvalue weighted by molar-refractivity contribution is 0.0201. The van der Waals surface area contributed by atoms with E-state index in [1.807, 2.05) is 0 Å². The Balaban J connectivity index is 1.79. The molecule has 3 rings (SSSR count). The van der Waals surface area contributed by atoms with Crippen molar-refractivity contribution in [3.63, 3.8) is 0 Å². The molecule has 1 saturated heterocycles. The minimum atomic E-state index is -0.501. The molecule has 110 valence electrons. The molecule has 0 radical (unpaired) electrons. The highest BCUT2D eigenvalue weighted by atomic mass is 19.1. The second-order valence-corrected chi connectivity index (χ2v) is 6.12. The molecule has 1 aliphatic carbocycles. The summed E-state index contributed by atoms with van der Waals surface area (Å²) < 4.78 is 26.9. The number of halogens is 2. The van der Waals surface area contributed by atoms with Gasteiger partial charge in [0, 0.05) is 43.3 Å². The van der Waals surface area contributed by atoms with Crippen molar-refractivity contribution in [2.75, 3.05) is 19.6 Å². The second-order valence-electron chi connectivity index (χ2n) is 6.12. The van der Waals surface area contributed by atoms with E-state index in [0.717, 1.165) is 25.7 Å². The molecule has 0 amide bonds. The number of hydrogen-bond donors (Lipinski definition) is 1. The Bertz CT molecular complexity index is 461. The molecule has 2 nitrogen and oxygen atoms in total. The Kier molecular flexibility index (Phi) is 4.03. The smallest absolute Gasteiger partial charge is 0.130 e. The Morgan fingerprint density at radius 1 is 1.15 bits per heavy atom. The van der Waals surface area contributed by atoms with Crippen molar-refractivity contribution in [2.45, 2.75) is 44.2 Å². The van der Waals surface area contributed by atoms with Crippen LogP contribution < -0.4 is 5.32 Å². The number of nitrogens with zero attached hydrogens (tertiary/aromatic N) is 1. The van der Waals surface area contributed by atoms with E-state index >= 15 is 0 Å². The molecule has 1 aromatic carbocycles. The van der Waals surface area contributed by atoms with E-state index in [9.17, 15) is 8.78 Å². The number of piperazine rings is 1. The van der Waals surface area contributed by atoms with E-state index in [0.29, 0.717) is 12.1 Å². The maximum Gasteiger partial charge on any atom is 0.130 e. The van der Waals surface area contributed by atoms with Gasteiger partial charge in [-0.3, -0.25) is 4.90 Å². The molecule has 0 unspecified atom stereocenters. The first kappa shape index (κ1) is 14.0. The van der Waals surface area contributed by atoms with Crippen LogP contribution in [-0.2, 0) is 6.54 Å². The van der Waals surface area contributed by atoms with Crippen molar-refractivity contribution in [1.29, 1.82) is 0 Å². The van der Waals surface area contributed by atoms with Gasteiger partial charge in [0.2, 0.25) is 0 Å². The lowest BCUT2D eigenvalue weighted by atomic mass is 9.79. The maximum atomic E-state index is 13.9. The van der Waals surface area contributed by atoms with Gasteiger partial charge in [-0.1, -0.05) is 25.3 Å². The summed E-state index contributed by atoms with van der Waals surface area (Å²) in [6.07, 6.45) is 6.18. The lowest BCUT2D eigenvalue weighted by Gasteiger charge is -2.50. The third-order valence-electron chi connectivity index (χ3n) is 4.84. The van der Waals surface area contributed by atoms with E-state index in [4.69, 9.17) is 0 Å². The highest BCUT2D eigenvalue weighted by Crippen LogP contribution is 2.35. The minimum absolute atomic E-state index is 0.178. The molecule has 1 spiro atoms. The van der Waals surface area contributed by atoms with Crippen LogP contribution in [-0.4, -0.2) is 30.1 Å². The fourth-order valence-electron chi connectivity index (χ4n) is 3.69. The molecular weight excluding hydrogens is 258 g/mol. The van der Waals surface area contributed by atoms with E-state index in [-0.39, 0.29) is 5.54 Å². The summed E-state index contributed by atoms with van der Waals surface area (Å²) in [5.41, 5.74) is 0.787. The molecule has 1 heterocycles. The molecule has 1 aliphatic heterocycles. The summed E-state index contributed by atoms with van der Waals surface area (Å²) in [7, 11) is 0. The second kappa shape index (κ2) is 5.78. The molecule has 1 N–H and O–H groups in total. The molecule has 0 bridgehead atoms. The summed E-state index contributed by atoms with van der Waals surface area (Å²) in [6.45, 7) is 3.48. The number of benzene rings is 1. The van der Waals surface area contributed by atoms with Gasteiger partial charge in [-0.2, -0.15) is 0 Å². The largest absolute Gasteiger partial charge is 0.314 e. The van der Waals surface area contributed by atoms with E-state index in [1.54, 1.807) is 6.07 Å². The molecule has 1 saturated carbocycles. The topological polar surface area (TPSA) is 15.3 Å². The Labute approximate surface area is 119 Å². The maximum absolute atomic E-state index is 13.9. The first-order valence-corrected chi connectivity index (χ1v) is 7.59. The summed E-state index contributed by atoms with van der Waals surface area (Å²) in [4.78, 5) is 2.42. The Hall–Kier alpha value is -1.00. The summed E-state index contributed by atoms with van der Waals surface area (Å²) in [5, 5.41) is 3.49. The number of rotatable bonds is 2. The molecule has 0 aromatic heterocycles. The predicted molar refractivity (Wildman–Crippen MR) is 75.5 cm³/mol. The fourth-order valence-corrected chi connectivity index (χ4v) is 3.69. The fraction of sp³-hybridized carbons (Fsp3) is 0.625. The van der Waals surface area contributed by atoms with Gasteiger partial charge in [-0.15, -0.1) is 0 Å². The summed E-state index contributed by atoms with van der Waals surface area (Å²) >= 11 is 0. The van der Waals surface area contributed by atoms with Crippen LogP contribution in [0.3, 0.4) is 0 Å². The van der Waals surface area contributed by atoms with Gasteiger partial charge in [-0.05, 0) is 18.9 Å². The van der Waals surface area contributed by atoms with Crippen molar-refractivity contribution in [3.05, 3.63) is 35.4 Å². The van der Waals surface area contributed by atoms with Crippen LogP contribution in [0.4, 0.5) is 8.78 Å². The molecular formula is C16H22F2N2. The zero-order valence-corrected chi connectivity index (χ0v) is 11.8. The normalized spacial score (nSPS) is 23.1. The lowest BCUT2D eigenvalue weighted by Crippen LogP contribution is -2.61. The van der Waals surface area contributed by atoms with Crippen molar-refractivity contribution in [1.82, 2.24) is 10.2 Å². The monoisotopic (exact) mass is 280 g/mol. The average molecular weight is 280 g/mol. The Morgan fingerprint density at radius 2 is 1.95 bits per heavy atom. The quantitative estimate of drug-likeness (QED) is 0.895. The van der Waals surface area contributed by atoms with Crippen molar-refractivity contribution < 1.29 is 8.78 Å². The highest BCUT2D eigenvalue weighted by Gasteiger charge is 2.39. The minimum Gasteiger partial charge on any atom is -0.314 e. The van der Waals surface area contributed by atoms with Gasteiger partial charge in [0.15, 0.2) is 0 Å². The van der Waals surface area contributed by atoms with Crippen LogP contribution in [0.2, 0.25) is 0 Å². The summed E-state index contributed by atoms with van der Waals surface area (Å²) in [6, 6.07) is 3.93. The van der Waals surface area contributed by atoms with Gasteiger partial charge >= 0.3 is 0 Å². The van der Waals surface area contributed by atoms with Crippen LogP contribution in [0, 0.1) is 11.6 Å². The molecule has 4 heteroatoms. The van der Waals surface area contributed by atoms with E-state index in [2.05, 4.69) is 10.2 Å². The third kappa shape index (κ3) is 2.72. The molecule has 2 fully saturated rings. The van der Waals surface area contributed by atoms with Crippen LogP contribution in [0.25, 0.3) is 0 Å². The molecule has 20 heavy (non-hydrogen) atoms. The number of nitrogens with one attached hydrogen (secondary N) is 1. The first-order valence-electron chi connectivity index (χ1n) is 7.59. The SMILES string of the molecule is Fc1ccc(CN2CCNCC23CCCCC3)c(F)c1.